The van der Waals surface area contributed by atoms with Crippen LogP contribution in [0.5, 0.6) is 0 Å². The van der Waals surface area contributed by atoms with Crippen LogP contribution in [0.3, 0.4) is 0 Å². The van der Waals surface area contributed by atoms with Gasteiger partial charge in [0.25, 0.3) is 10.0 Å². The van der Waals surface area contributed by atoms with Crippen molar-refractivity contribution in [1.82, 2.24) is 10.2 Å². The van der Waals surface area contributed by atoms with Crippen LogP contribution in [0.15, 0.2) is 47.4 Å². The van der Waals surface area contributed by atoms with Crippen LogP contribution >= 0.6 is 11.6 Å². The van der Waals surface area contributed by atoms with Gasteiger partial charge in [0.1, 0.15) is 4.90 Å². The van der Waals surface area contributed by atoms with E-state index in [1.54, 1.807) is 38.1 Å². The minimum Gasteiger partial charge on any atom is -0.355 e. The van der Waals surface area contributed by atoms with E-state index in [2.05, 4.69) is 20.2 Å². The first-order chi connectivity index (χ1) is 12.3. The predicted octanol–water partition coefficient (Wildman–Crippen LogP) is 4.53. The molecule has 0 spiro atoms. The van der Waals surface area contributed by atoms with Crippen molar-refractivity contribution >= 4 is 38.7 Å². The van der Waals surface area contributed by atoms with E-state index in [0.717, 1.165) is 16.9 Å². The molecule has 0 saturated heterocycles. The van der Waals surface area contributed by atoms with Crippen LogP contribution in [0.25, 0.3) is 0 Å². The van der Waals surface area contributed by atoms with Gasteiger partial charge in [-0.05, 0) is 68.8 Å². The van der Waals surface area contributed by atoms with Crippen molar-refractivity contribution in [3.8, 4) is 0 Å². The van der Waals surface area contributed by atoms with Crippen molar-refractivity contribution in [2.45, 2.75) is 25.7 Å². The third-order valence-corrected chi connectivity index (χ3v) is 5.81. The summed E-state index contributed by atoms with van der Waals surface area (Å²) in [6.45, 7) is 5.29. The average Bonchev–Trinajstić information content (AvgIpc) is 2.91. The van der Waals surface area contributed by atoms with Crippen molar-refractivity contribution < 1.29 is 8.42 Å². The highest BCUT2D eigenvalue weighted by Crippen LogP contribution is 2.26. The summed E-state index contributed by atoms with van der Waals surface area (Å²) in [6.07, 6.45) is 0. The lowest BCUT2D eigenvalue weighted by molar-refractivity contribution is 0.600. The first kappa shape index (κ1) is 18.3. The molecule has 0 aliphatic rings. The Labute approximate surface area is 157 Å². The summed E-state index contributed by atoms with van der Waals surface area (Å²) in [5.41, 5.74) is 4.22. The minimum absolute atomic E-state index is 0.177. The number of aromatic nitrogens is 2. The maximum Gasteiger partial charge on any atom is 0.265 e. The number of halogens is 1. The van der Waals surface area contributed by atoms with Gasteiger partial charge in [0.15, 0.2) is 0 Å². The van der Waals surface area contributed by atoms with Crippen molar-refractivity contribution in [2.24, 2.45) is 0 Å². The Kier molecular flexibility index (Phi) is 4.93. The number of hydrogen-bond acceptors (Lipinski definition) is 4. The number of rotatable bonds is 5. The Morgan fingerprint density at radius 2 is 1.65 bits per heavy atom. The lowest BCUT2D eigenvalue weighted by atomic mass is 10.2. The Morgan fingerprint density at radius 1 is 1.00 bits per heavy atom. The molecule has 0 fully saturated rings. The van der Waals surface area contributed by atoms with E-state index >= 15 is 0 Å². The Hall–Kier alpha value is -2.51. The third-order valence-electron chi connectivity index (χ3n) is 3.93. The van der Waals surface area contributed by atoms with E-state index < -0.39 is 10.0 Å². The standard InChI is InChI=1S/C18H19ClN4O2S/c1-11-10-14(19)4-9-17(11)20-15-5-7-16(8-6-15)23-26(24,25)18-12(2)21-22-13(18)3/h4-10,20,23H,1-3H3,(H,21,22). The van der Waals surface area contributed by atoms with E-state index in [-0.39, 0.29) is 4.90 Å². The number of aryl methyl sites for hydroxylation is 3. The Bertz CT molecular complexity index is 1020. The van der Waals surface area contributed by atoms with Crippen LogP contribution in [-0.2, 0) is 10.0 Å². The summed E-state index contributed by atoms with van der Waals surface area (Å²) in [5.74, 6) is 0. The number of aromatic amines is 1. The Balaban J connectivity index is 1.77. The summed E-state index contributed by atoms with van der Waals surface area (Å²) in [6, 6.07) is 12.6. The molecule has 136 valence electrons. The van der Waals surface area contributed by atoms with Gasteiger partial charge in [-0.3, -0.25) is 9.82 Å². The largest absolute Gasteiger partial charge is 0.355 e. The first-order valence-corrected chi connectivity index (χ1v) is 9.80. The second-order valence-electron chi connectivity index (χ2n) is 6.03. The highest BCUT2D eigenvalue weighted by molar-refractivity contribution is 7.92. The molecule has 0 aliphatic heterocycles. The van der Waals surface area contributed by atoms with E-state index in [9.17, 15) is 8.42 Å². The molecule has 6 nitrogen and oxygen atoms in total. The van der Waals surface area contributed by atoms with Gasteiger partial charge >= 0.3 is 0 Å². The third kappa shape index (κ3) is 3.84. The molecule has 0 amide bonds. The van der Waals surface area contributed by atoms with Crippen LogP contribution in [-0.4, -0.2) is 18.6 Å². The fourth-order valence-corrected chi connectivity index (χ4v) is 4.35. The van der Waals surface area contributed by atoms with Gasteiger partial charge in [0.2, 0.25) is 0 Å². The van der Waals surface area contributed by atoms with Crippen LogP contribution in [0, 0.1) is 20.8 Å². The molecular weight excluding hydrogens is 372 g/mol. The number of H-pyrrole nitrogens is 1. The van der Waals surface area contributed by atoms with Crippen LogP contribution in [0.4, 0.5) is 17.1 Å². The summed E-state index contributed by atoms with van der Waals surface area (Å²) in [4.78, 5) is 0.177. The van der Waals surface area contributed by atoms with Gasteiger partial charge in [-0.1, -0.05) is 11.6 Å². The topological polar surface area (TPSA) is 86.9 Å². The van der Waals surface area contributed by atoms with E-state index in [1.165, 1.54) is 0 Å². The smallest absolute Gasteiger partial charge is 0.265 e. The molecular formula is C18H19ClN4O2S. The lowest BCUT2D eigenvalue weighted by Gasteiger charge is -2.12. The van der Waals surface area contributed by atoms with Gasteiger partial charge in [-0.2, -0.15) is 5.10 Å². The van der Waals surface area contributed by atoms with Crippen molar-refractivity contribution in [3.63, 3.8) is 0 Å². The molecule has 3 rings (SSSR count). The molecule has 8 heteroatoms. The van der Waals surface area contributed by atoms with Gasteiger partial charge in [-0.25, -0.2) is 8.42 Å². The SMILES string of the molecule is Cc1cc(Cl)ccc1Nc1ccc(NS(=O)(=O)c2c(C)n[nH]c2C)cc1. The van der Waals surface area contributed by atoms with E-state index in [4.69, 9.17) is 11.6 Å². The lowest BCUT2D eigenvalue weighted by Crippen LogP contribution is -2.14. The number of nitrogens with zero attached hydrogens (tertiary/aromatic N) is 1. The van der Waals surface area contributed by atoms with Gasteiger partial charge in [-0.15, -0.1) is 0 Å². The van der Waals surface area contributed by atoms with E-state index in [1.807, 2.05) is 25.1 Å². The normalized spacial score (nSPS) is 11.4. The van der Waals surface area contributed by atoms with Gasteiger partial charge in [0, 0.05) is 22.1 Å². The van der Waals surface area contributed by atoms with Crippen molar-refractivity contribution in [1.29, 1.82) is 0 Å². The number of anilines is 3. The summed E-state index contributed by atoms with van der Waals surface area (Å²) >= 11 is 5.97. The number of benzene rings is 2. The monoisotopic (exact) mass is 390 g/mol. The van der Waals surface area contributed by atoms with Gasteiger partial charge < -0.3 is 5.32 Å². The molecule has 0 atom stereocenters. The molecule has 26 heavy (non-hydrogen) atoms. The summed E-state index contributed by atoms with van der Waals surface area (Å²) in [7, 11) is -3.69. The first-order valence-electron chi connectivity index (χ1n) is 7.94. The molecule has 3 N–H and O–H groups in total. The molecule has 1 heterocycles. The van der Waals surface area contributed by atoms with E-state index in [0.29, 0.717) is 22.1 Å². The molecule has 3 aromatic rings. The molecule has 2 aromatic carbocycles. The summed E-state index contributed by atoms with van der Waals surface area (Å²) in [5, 5.41) is 10.6. The molecule has 0 radical (unpaired) electrons. The molecule has 0 unspecified atom stereocenters. The number of nitrogens with one attached hydrogen (secondary N) is 3. The quantitative estimate of drug-likeness (QED) is 0.597. The highest BCUT2D eigenvalue weighted by atomic mass is 35.5. The second-order valence-corrected chi connectivity index (χ2v) is 8.09. The van der Waals surface area contributed by atoms with Crippen molar-refractivity contribution in [3.05, 3.63) is 64.4 Å². The van der Waals surface area contributed by atoms with Crippen LogP contribution in [0.1, 0.15) is 17.0 Å². The van der Waals surface area contributed by atoms with Crippen LogP contribution in [0.2, 0.25) is 5.02 Å². The fourth-order valence-electron chi connectivity index (χ4n) is 2.69. The minimum atomic E-state index is -3.69. The van der Waals surface area contributed by atoms with Crippen molar-refractivity contribution in [2.75, 3.05) is 10.0 Å². The molecule has 0 bridgehead atoms. The Morgan fingerprint density at radius 3 is 2.23 bits per heavy atom. The highest BCUT2D eigenvalue weighted by Gasteiger charge is 2.22. The second kappa shape index (κ2) is 7.01. The zero-order chi connectivity index (χ0) is 18.9. The fraction of sp³-hybridized carbons (Fsp3) is 0.167. The zero-order valence-corrected chi connectivity index (χ0v) is 16.2. The number of sulfonamides is 1. The maximum absolute atomic E-state index is 12.6. The zero-order valence-electron chi connectivity index (χ0n) is 14.6. The molecule has 1 aromatic heterocycles. The molecule has 0 saturated carbocycles. The van der Waals surface area contributed by atoms with Gasteiger partial charge in [0.05, 0.1) is 11.4 Å². The predicted molar refractivity (Wildman–Crippen MR) is 105 cm³/mol. The average molecular weight is 391 g/mol. The number of hydrogen-bond donors (Lipinski definition) is 3. The summed E-state index contributed by atoms with van der Waals surface area (Å²) < 4.78 is 27.7. The maximum atomic E-state index is 12.6. The molecule has 0 aliphatic carbocycles. The van der Waals surface area contributed by atoms with Crippen LogP contribution < -0.4 is 10.0 Å².